The number of rotatable bonds is 21. The molecule has 0 bridgehead atoms. The summed E-state index contributed by atoms with van der Waals surface area (Å²) < 4.78 is 0. The van der Waals surface area contributed by atoms with Gasteiger partial charge >= 0.3 is 5.97 Å². The molecule has 0 aromatic heterocycles. The van der Waals surface area contributed by atoms with Crippen LogP contribution in [0.3, 0.4) is 0 Å². The minimum atomic E-state index is -0.999. The predicted molar refractivity (Wildman–Crippen MR) is 118 cm³/mol. The molecule has 6 heteroatoms. The Bertz CT molecular complexity index is 427. The van der Waals surface area contributed by atoms with E-state index in [-0.39, 0.29) is 18.4 Å². The zero-order valence-electron chi connectivity index (χ0n) is 18.6. The van der Waals surface area contributed by atoms with E-state index >= 15 is 0 Å². The topological polar surface area (TPSA) is 95.5 Å². The normalized spacial score (nSPS) is 10.7. The van der Waals surface area contributed by atoms with Crippen LogP contribution in [0, 0.1) is 0 Å². The van der Waals surface area contributed by atoms with Crippen molar-refractivity contribution in [2.24, 2.45) is 0 Å². The minimum Gasteiger partial charge on any atom is -0.480 e. The number of carbonyl (C=O) groups is 3. The summed E-state index contributed by atoms with van der Waals surface area (Å²) in [5.74, 6) is -0.955. The maximum Gasteiger partial charge on any atom is 0.322 e. The van der Waals surface area contributed by atoms with Crippen molar-refractivity contribution in [2.75, 3.05) is 13.1 Å². The summed E-state index contributed by atoms with van der Waals surface area (Å²) in [7, 11) is 0. The van der Waals surface area contributed by atoms with Gasteiger partial charge in [-0.05, 0) is 19.3 Å². The number of hydrogen-bond donors (Lipinski definition) is 3. The van der Waals surface area contributed by atoms with E-state index in [2.05, 4.69) is 17.6 Å². The molecule has 0 saturated heterocycles. The standard InChI is InChI=1S/C23H44N2O4/c1-2-3-19-24-21(26)17-15-13-11-9-7-5-4-6-8-10-12-14-16-18-22(27)25-20-23(28)29/h2-20H2,1H3,(H,24,26)(H,25,27)(H,28,29). The zero-order chi connectivity index (χ0) is 21.6. The predicted octanol–water partition coefficient (Wildman–Crippen LogP) is 4.96. The number of aliphatic carboxylic acids is 1. The SMILES string of the molecule is CCCCNC(=O)CCCCCCCCCCCCCCCC(=O)NCC(=O)O. The third-order valence-electron chi connectivity index (χ3n) is 5.10. The lowest BCUT2D eigenvalue weighted by molar-refractivity contribution is -0.138. The van der Waals surface area contributed by atoms with Gasteiger partial charge in [0.25, 0.3) is 0 Å². The van der Waals surface area contributed by atoms with Gasteiger partial charge in [-0.25, -0.2) is 0 Å². The summed E-state index contributed by atoms with van der Waals surface area (Å²) in [6.07, 6.45) is 18.7. The van der Waals surface area contributed by atoms with Gasteiger partial charge in [-0.2, -0.15) is 0 Å². The number of carboxylic acids is 1. The maximum atomic E-state index is 11.6. The van der Waals surface area contributed by atoms with E-state index in [4.69, 9.17) is 5.11 Å². The molecular weight excluding hydrogens is 368 g/mol. The second-order valence-corrected chi connectivity index (χ2v) is 7.97. The fraction of sp³-hybridized carbons (Fsp3) is 0.870. The zero-order valence-corrected chi connectivity index (χ0v) is 18.6. The second kappa shape index (κ2) is 21.1. The van der Waals surface area contributed by atoms with Crippen molar-refractivity contribution in [2.45, 2.75) is 116 Å². The van der Waals surface area contributed by atoms with Crippen LogP contribution in [-0.4, -0.2) is 36.0 Å². The number of nitrogens with one attached hydrogen (secondary N) is 2. The summed E-state index contributed by atoms with van der Waals surface area (Å²) in [5.41, 5.74) is 0. The van der Waals surface area contributed by atoms with Crippen LogP contribution in [0.25, 0.3) is 0 Å². The molecule has 29 heavy (non-hydrogen) atoms. The largest absolute Gasteiger partial charge is 0.480 e. The van der Waals surface area contributed by atoms with Gasteiger partial charge in [0.2, 0.25) is 11.8 Å². The van der Waals surface area contributed by atoms with E-state index < -0.39 is 5.97 Å². The molecule has 0 atom stereocenters. The number of carbonyl (C=O) groups excluding carboxylic acids is 2. The molecular formula is C23H44N2O4. The molecule has 2 amide bonds. The molecule has 0 rings (SSSR count). The molecule has 0 aliphatic rings. The Labute approximate surface area is 177 Å². The van der Waals surface area contributed by atoms with Crippen LogP contribution < -0.4 is 10.6 Å². The van der Waals surface area contributed by atoms with Crippen LogP contribution >= 0.6 is 0 Å². The van der Waals surface area contributed by atoms with Crippen LogP contribution in [0.5, 0.6) is 0 Å². The van der Waals surface area contributed by atoms with Crippen molar-refractivity contribution < 1.29 is 19.5 Å². The van der Waals surface area contributed by atoms with Crippen LogP contribution in [-0.2, 0) is 14.4 Å². The van der Waals surface area contributed by atoms with Crippen LogP contribution in [0.15, 0.2) is 0 Å². The van der Waals surface area contributed by atoms with Gasteiger partial charge in [0.15, 0.2) is 0 Å². The summed E-state index contributed by atoms with van der Waals surface area (Å²) in [4.78, 5) is 33.3. The smallest absolute Gasteiger partial charge is 0.322 e. The highest BCUT2D eigenvalue weighted by Crippen LogP contribution is 2.13. The van der Waals surface area contributed by atoms with Crippen molar-refractivity contribution >= 4 is 17.8 Å². The first-order valence-corrected chi connectivity index (χ1v) is 11.8. The summed E-state index contributed by atoms with van der Waals surface area (Å²) in [6.45, 7) is 2.67. The Hall–Kier alpha value is -1.59. The van der Waals surface area contributed by atoms with Gasteiger partial charge in [0, 0.05) is 19.4 Å². The van der Waals surface area contributed by atoms with Crippen molar-refractivity contribution in [3.05, 3.63) is 0 Å². The molecule has 0 aromatic carbocycles. The van der Waals surface area contributed by atoms with Crippen LogP contribution in [0.2, 0.25) is 0 Å². The average molecular weight is 413 g/mol. The third kappa shape index (κ3) is 22.6. The fourth-order valence-electron chi connectivity index (χ4n) is 3.27. The van der Waals surface area contributed by atoms with Gasteiger partial charge in [0.05, 0.1) is 0 Å². The molecule has 170 valence electrons. The van der Waals surface area contributed by atoms with Crippen molar-refractivity contribution in [1.82, 2.24) is 10.6 Å². The highest BCUT2D eigenvalue weighted by Gasteiger charge is 2.03. The highest BCUT2D eigenvalue weighted by molar-refractivity contribution is 5.80. The van der Waals surface area contributed by atoms with E-state index in [0.29, 0.717) is 12.8 Å². The summed E-state index contributed by atoms with van der Waals surface area (Å²) >= 11 is 0. The quantitative estimate of drug-likeness (QED) is 0.232. The molecule has 0 unspecified atom stereocenters. The lowest BCUT2D eigenvalue weighted by Gasteiger charge is -2.05. The molecule has 0 radical (unpaired) electrons. The lowest BCUT2D eigenvalue weighted by atomic mass is 10.0. The van der Waals surface area contributed by atoms with Crippen molar-refractivity contribution in [3.63, 3.8) is 0 Å². The van der Waals surface area contributed by atoms with E-state index in [0.717, 1.165) is 51.5 Å². The molecule has 0 aromatic rings. The molecule has 6 nitrogen and oxygen atoms in total. The van der Waals surface area contributed by atoms with Crippen LogP contribution in [0.4, 0.5) is 0 Å². The van der Waals surface area contributed by atoms with E-state index in [1.165, 1.54) is 51.4 Å². The van der Waals surface area contributed by atoms with E-state index in [9.17, 15) is 14.4 Å². The Kier molecular flexibility index (Phi) is 20.0. The maximum absolute atomic E-state index is 11.6. The molecule has 0 aliphatic heterocycles. The van der Waals surface area contributed by atoms with Gasteiger partial charge in [-0.15, -0.1) is 0 Å². The molecule has 3 N–H and O–H groups in total. The highest BCUT2D eigenvalue weighted by atomic mass is 16.4. The lowest BCUT2D eigenvalue weighted by Crippen LogP contribution is -2.28. The minimum absolute atomic E-state index is 0.164. The first kappa shape index (κ1) is 27.4. The molecule has 0 aliphatic carbocycles. The van der Waals surface area contributed by atoms with Crippen molar-refractivity contribution in [1.29, 1.82) is 0 Å². The van der Waals surface area contributed by atoms with Crippen LogP contribution in [0.1, 0.15) is 116 Å². The number of hydrogen-bond acceptors (Lipinski definition) is 3. The number of unbranched alkanes of at least 4 members (excludes halogenated alkanes) is 13. The average Bonchev–Trinajstić information content (AvgIpc) is 2.69. The molecule has 0 spiro atoms. The monoisotopic (exact) mass is 412 g/mol. The Morgan fingerprint density at radius 1 is 0.586 bits per heavy atom. The first-order chi connectivity index (χ1) is 14.1. The first-order valence-electron chi connectivity index (χ1n) is 11.8. The third-order valence-corrected chi connectivity index (χ3v) is 5.10. The summed E-state index contributed by atoms with van der Waals surface area (Å²) in [6, 6.07) is 0. The van der Waals surface area contributed by atoms with Gasteiger partial charge < -0.3 is 15.7 Å². The van der Waals surface area contributed by atoms with Gasteiger partial charge in [-0.3, -0.25) is 14.4 Å². The Morgan fingerprint density at radius 3 is 1.34 bits per heavy atom. The molecule has 0 heterocycles. The van der Waals surface area contributed by atoms with Gasteiger partial charge in [-0.1, -0.05) is 84.0 Å². The van der Waals surface area contributed by atoms with Crippen molar-refractivity contribution in [3.8, 4) is 0 Å². The van der Waals surface area contributed by atoms with Gasteiger partial charge in [0.1, 0.15) is 6.54 Å². The second-order valence-electron chi connectivity index (χ2n) is 7.97. The number of amides is 2. The Morgan fingerprint density at radius 2 is 0.966 bits per heavy atom. The van der Waals surface area contributed by atoms with E-state index in [1.54, 1.807) is 0 Å². The number of carboxylic acid groups (broad SMARTS) is 1. The van der Waals surface area contributed by atoms with E-state index in [1.807, 2.05) is 0 Å². The molecule has 0 saturated carbocycles. The molecule has 0 fully saturated rings. The Balaban J connectivity index is 3.18. The fourth-order valence-corrected chi connectivity index (χ4v) is 3.27. The summed E-state index contributed by atoms with van der Waals surface area (Å²) in [5, 5.41) is 13.8.